The second-order valence-corrected chi connectivity index (χ2v) is 5.81. The number of rotatable bonds is 2. The zero-order chi connectivity index (χ0) is 12.5. The molecule has 94 valence electrons. The van der Waals surface area contributed by atoms with Gasteiger partial charge in [-0.1, -0.05) is 0 Å². The number of aryl methyl sites for hydroxylation is 2. The molecule has 0 aromatic carbocycles. The summed E-state index contributed by atoms with van der Waals surface area (Å²) < 4.78 is 13.1. The van der Waals surface area contributed by atoms with Gasteiger partial charge in [-0.15, -0.1) is 11.3 Å². The Morgan fingerprint density at radius 2 is 2.06 bits per heavy atom. The molecule has 2 aromatic heterocycles. The third-order valence-corrected chi connectivity index (χ3v) is 4.62. The summed E-state index contributed by atoms with van der Waals surface area (Å²) in [6.07, 6.45) is 6.56. The Hall–Kier alpha value is -1.26. The molecule has 0 amide bonds. The van der Waals surface area contributed by atoms with Gasteiger partial charge in [0.1, 0.15) is 11.9 Å². The van der Waals surface area contributed by atoms with Gasteiger partial charge in [0.2, 0.25) is 0 Å². The third kappa shape index (κ3) is 2.18. The second kappa shape index (κ2) is 4.78. The van der Waals surface area contributed by atoms with Crippen molar-refractivity contribution in [1.29, 1.82) is 0 Å². The average Bonchev–Trinajstić information content (AvgIpc) is 2.81. The van der Waals surface area contributed by atoms with E-state index in [1.807, 2.05) is 0 Å². The molecule has 0 radical (unpaired) electrons. The lowest BCUT2D eigenvalue weighted by Crippen LogP contribution is -1.98. The van der Waals surface area contributed by atoms with E-state index in [1.54, 1.807) is 11.3 Å². The van der Waals surface area contributed by atoms with Crippen molar-refractivity contribution in [3.05, 3.63) is 51.2 Å². The molecule has 18 heavy (non-hydrogen) atoms. The molecule has 0 fully saturated rings. The van der Waals surface area contributed by atoms with E-state index in [2.05, 4.69) is 11.1 Å². The van der Waals surface area contributed by atoms with E-state index >= 15 is 0 Å². The van der Waals surface area contributed by atoms with Gasteiger partial charge < -0.3 is 5.11 Å². The van der Waals surface area contributed by atoms with Crippen LogP contribution in [0.15, 0.2) is 24.5 Å². The number of fused-ring (bicyclic) bond motifs is 1. The Bertz CT molecular complexity index is 543. The highest BCUT2D eigenvalue weighted by molar-refractivity contribution is 7.12. The van der Waals surface area contributed by atoms with Gasteiger partial charge in [0.25, 0.3) is 0 Å². The maximum atomic E-state index is 13.1. The largest absolute Gasteiger partial charge is 0.383 e. The number of thiophene rings is 1. The zero-order valence-corrected chi connectivity index (χ0v) is 10.7. The van der Waals surface area contributed by atoms with E-state index in [-0.39, 0.29) is 0 Å². The fourth-order valence-electron chi connectivity index (χ4n) is 2.39. The van der Waals surface area contributed by atoms with Gasteiger partial charge in [0.15, 0.2) is 0 Å². The van der Waals surface area contributed by atoms with Crippen LogP contribution in [0.4, 0.5) is 4.39 Å². The van der Waals surface area contributed by atoms with Crippen LogP contribution in [0.25, 0.3) is 0 Å². The first-order valence-corrected chi connectivity index (χ1v) is 6.95. The topological polar surface area (TPSA) is 33.1 Å². The summed E-state index contributed by atoms with van der Waals surface area (Å²) in [4.78, 5) is 6.05. The number of aliphatic hydroxyl groups is 1. The molecular weight excluding hydrogens is 249 g/mol. The third-order valence-electron chi connectivity index (χ3n) is 3.33. The zero-order valence-electron chi connectivity index (χ0n) is 9.90. The second-order valence-electron chi connectivity index (χ2n) is 4.64. The SMILES string of the molecule is OC(c1cncc(F)c1)c1cc2c(s1)CCCC2. The number of pyridine rings is 1. The lowest BCUT2D eigenvalue weighted by Gasteiger charge is -2.08. The number of aromatic nitrogens is 1. The van der Waals surface area contributed by atoms with Crippen molar-refractivity contribution >= 4 is 11.3 Å². The maximum Gasteiger partial charge on any atom is 0.141 e. The van der Waals surface area contributed by atoms with Crippen molar-refractivity contribution in [1.82, 2.24) is 4.98 Å². The van der Waals surface area contributed by atoms with Crippen molar-refractivity contribution in [3.8, 4) is 0 Å². The molecule has 0 saturated heterocycles. The molecule has 0 saturated carbocycles. The molecule has 0 bridgehead atoms. The molecule has 4 heteroatoms. The number of aliphatic hydroxyl groups excluding tert-OH is 1. The standard InChI is InChI=1S/C14H14FNOS/c15-11-5-10(7-16-8-11)14(17)13-6-9-3-1-2-4-12(9)18-13/h5-8,14,17H,1-4H2. The van der Waals surface area contributed by atoms with Crippen molar-refractivity contribution in [3.63, 3.8) is 0 Å². The number of halogens is 1. The van der Waals surface area contributed by atoms with Crippen LogP contribution in [-0.4, -0.2) is 10.1 Å². The summed E-state index contributed by atoms with van der Waals surface area (Å²) in [5, 5.41) is 10.3. The van der Waals surface area contributed by atoms with Crippen LogP contribution in [0.3, 0.4) is 0 Å². The number of nitrogens with zero attached hydrogens (tertiary/aromatic N) is 1. The van der Waals surface area contributed by atoms with Gasteiger partial charge in [0.05, 0.1) is 6.20 Å². The summed E-state index contributed by atoms with van der Waals surface area (Å²) in [5.74, 6) is -0.409. The van der Waals surface area contributed by atoms with E-state index in [1.165, 1.54) is 35.5 Å². The van der Waals surface area contributed by atoms with E-state index < -0.39 is 11.9 Å². The number of hydrogen-bond acceptors (Lipinski definition) is 3. The summed E-state index contributed by atoms with van der Waals surface area (Å²) in [7, 11) is 0. The highest BCUT2D eigenvalue weighted by Crippen LogP contribution is 2.35. The maximum absolute atomic E-state index is 13.1. The van der Waals surface area contributed by atoms with Crippen LogP contribution < -0.4 is 0 Å². The summed E-state index contributed by atoms with van der Waals surface area (Å²) in [6, 6.07) is 3.41. The molecule has 2 heterocycles. The monoisotopic (exact) mass is 263 g/mol. The van der Waals surface area contributed by atoms with Crippen molar-refractivity contribution < 1.29 is 9.50 Å². The van der Waals surface area contributed by atoms with Gasteiger partial charge in [-0.25, -0.2) is 4.39 Å². The first-order valence-electron chi connectivity index (χ1n) is 6.14. The van der Waals surface area contributed by atoms with Gasteiger partial charge >= 0.3 is 0 Å². The molecule has 0 aliphatic heterocycles. The van der Waals surface area contributed by atoms with Crippen molar-refractivity contribution in [2.75, 3.05) is 0 Å². The van der Waals surface area contributed by atoms with Gasteiger partial charge in [0, 0.05) is 21.5 Å². The van der Waals surface area contributed by atoms with E-state index in [0.29, 0.717) is 5.56 Å². The fraction of sp³-hybridized carbons (Fsp3) is 0.357. The quantitative estimate of drug-likeness (QED) is 0.902. The molecule has 2 aromatic rings. The Kier molecular flexibility index (Phi) is 3.14. The Labute approximate surface area is 109 Å². The van der Waals surface area contributed by atoms with E-state index in [9.17, 15) is 9.50 Å². The first kappa shape index (κ1) is 11.8. The normalized spacial score (nSPS) is 16.3. The molecule has 0 spiro atoms. The van der Waals surface area contributed by atoms with Crippen LogP contribution in [0, 0.1) is 5.82 Å². The average molecular weight is 263 g/mol. The van der Waals surface area contributed by atoms with Crippen LogP contribution >= 0.6 is 11.3 Å². The minimum absolute atomic E-state index is 0.409. The molecule has 1 atom stereocenters. The lowest BCUT2D eigenvalue weighted by atomic mass is 9.98. The van der Waals surface area contributed by atoms with Crippen molar-refractivity contribution in [2.24, 2.45) is 0 Å². The number of hydrogen-bond donors (Lipinski definition) is 1. The van der Waals surface area contributed by atoms with Gasteiger partial charge in [-0.05, 0) is 43.4 Å². The highest BCUT2D eigenvalue weighted by atomic mass is 32.1. The Morgan fingerprint density at radius 1 is 1.22 bits per heavy atom. The minimum atomic E-state index is -0.760. The molecular formula is C14H14FNOS. The smallest absolute Gasteiger partial charge is 0.141 e. The van der Waals surface area contributed by atoms with Crippen molar-refractivity contribution in [2.45, 2.75) is 31.8 Å². The van der Waals surface area contributed by atoms with Gasteiger partial charge in [-0.2, -0.15) is 0 Å². The molecule has 1 unspecified atom stereocenters. The van der Waals surface area contributed by atoms with E-state index in [0.717, 1.165) is 23.9 Å². The van der Waals surface area contributed by atoms with Crippen LogP contribution in [0.2, 0.25) is 0 Å². The minimum Gasteiger partial charge on any atom is -0.383 e. The predicted octanol–water partition coefficient (Wildman–Crippen LogP) is 3.24. The van der Waals surface area contributed by atoms with Gasteiger partial charge in [-0.3, -0.25) is 4.98 Å². The van der Waals surface area contributed by atoms with Crippen LogP contribution in [0.5, 0.6) is 0 Å². The molecule has 3 rings (SSSR count). The summed E-state index contributed by atoms with van der Waals surface area (Å²) in [6.45, 7) is 0. The molecule has 1 N–H and O–H groups in total. The summed E-state index contributed by atoms with van der Waals surface area (Å²) in [5.41, 5.74) is 1.87. The molecule has 1 aliphatic carbocycles. The van der Waals surface area contributed by atoms with Crippen LogP contribution in [0.1, 0.15) is 39.8 Å². The summed E-state index contributed by atoms with van der Waals surface area (Å²) >= 11 is 1.64. The van der Waals surface area contributed by atoms with Crippen LogP contribution in [-0.2, 0) is 12.8 Å². The van der Waals surface area contributed by atoms with E-state index in [4.69, 9.17) is 0 Å². The first-order chi connectivity index (χ1) is 8.74. The Morgan fingerprint density at radius 3 is 2.83 bits per heavy atom. The molecule has 1 aliphatic rings. The predicted molar refractivity (Wildman–Crippen MR) is 69.2 cm³/mol. The lowest BCUT2D eigenvalue weighted by molar-refractivity contribution is 0.223. The Balaban J connectivity index is 1.92. The fourth-order valence-corrected chi connectivity index (χ4v) is 3.66. The highest BCUT2D eigenvalue weighted by Gasteiger charge is 2.19. The molecule has 2 nitrogen and oxygen atoms in total.